The van der Waals surface area contributed by atoms with E-state index >= 15 is 0 Å². The van der Waals surface area contributed by atoms with E-state index in [9.17, 15) is 9.59 Å². The van der Waals surface area contributed by atoms with Gasteiger partial charge in [0, 0.05) is 32.6 Å². The highest BCUT2D eigenvalue weighted by Crippen LogP contribution is 2.18. The number of aryl methyl sites for hydroxylation is 1. The van der Waals surface area contributed by atoms with Crippen molar-refractivity contribution in [2.45, 2.75) is 40.0 Å². The minimum atomic E-state index is -0.0101. The van der Waals surface area contributed by atoms with Crippen LogP contribution in [0.15, 0.2) is 24.3 Å². The lowest BCUT2D eigenvalue weighted by molar-refractivity contribution is -0.135. The second-order valence-electron chi connectivity index (χ2n) is 6.96. The van der Waals surface area contributed by atoms with Crippen molar-refractivity contribution in [3.05, 3.63) is 29.8 Å². The lowest BCUT2D eigenvalue weighted by atomic mass is 10.1. The topological polar surface area (TPSA) is 49.9 Å². The van der Waals surface area contributed by atoms with E-state index in [-0.39, 0.29) is 18.4 Å². The molecule has 1 aromatic rings. The van der Waals surface area contributed by atoms with Gasteiger partial charge in [-0.05, 0) is 30.4 Å². The molecule has 0 aliphatic carbocycles. The third kappa shape index (κ3) is 5.76. The Balaban J connectivity index is 1.85. The number of carbonyl (C=O) groups is 2. The van der Waals surface area contributed by atoms with Crippen LogP contribution in [-0.2, 0) is 16.0 Å². The summed E-state index contributed by atoms with van der Waals surface area (Å²) in [5.74, 6) is 1.32. The number of benzene rings is 1. The molecule has 1 aliphatic rings. The highest BCUT2D eigenvalue weighted by atomic mass is 16.5. The molecule has 0 atom stereocenters. The van der Waals surface area contributed by atoms with Crippen molar-refractivity contribution in [2.24, 2.45) is 5.92 Å². The van der Waals surface area contributed by atoms with Gasteiger partial charge in [0.05, 0.1) is 0 Å². The number of carbonyl (C=O) groups excluding carboxylic acids is 2. The van der Waals surface area contributed by atoms with Crippen LogP contribution in [0, 0.1) is 5.92 Å². The molecule has 1 saturated heterocycles. The van der Waals surface area contributed by atoms with E-state index in [1.165, 1.54) is 0 Å². The minimum Gasteiger partial charge on any atom is -0.483 e. The highest BCUT2D eigenvalue weighted by Gasteiger charge is 2.22. The summed E-state index contributed by atoms with van der Waals surface area (Å²) in [4.78, 5) is 28.4. The molecule has 5 nitrogen and oxygen atoms in total. The lowest BCUT2D eigenvalue weighted by Gasteiger charge is -2.23. The SMILES string of the molecule is CCc1ccccc1OCC(=O)N1CCCN(C(=O)CC(C)C)CC1. The van der Waals surface area contributed by atoms with E-state index in [0.717, 1.165) is 30.7 Å². The molecule has 1 aromatic carbocycles. The van der Waals surface area contributed by atoms with Gasteiger partial charge in [-0.25, -0.2) is 0 Å². The predicted octanol–water partition coefficient (Wildman–Crippen LogP) is 2.73. The van der Waals surface area contributed by atoms with Crippen LogP contribution >= 0.6 is 0 Å². The Hall–Kier alpha value is -2.04. The molecular weight excluding hydrogens is 316 g/mol. The summed E-state index contributed by atoms with van der Waals surface area (Å²) in [6.45, 7) is 8.84. The molecule has 1 fully saturated rings. The summed E-state index contributed by atoms with van der Waals surface area (Å²) in [5.41, 5.74) is 1.11. The second kappa shape index (κ2) is 9.44. The molecule has 138 valence electrons. The van der Waals surface area contributed by atoms with Crippen LogP contribution in [0.4, 0.5) is 0 Å². The number of rotatable bonds is 6. The van der Waals surface area contributed by atoms with Gasteiger partial charge in [0.2, 0.25) is 5.91 Å². The molecule has 2 rings (SSSR count). The van der Waals surface area contributed by atoms with Crippen LogP contribution < -0.4 is 4.74 Å². The summed E-state index contributed by atoms with van der Waals surface area (Å²) in [7, 11) is 0. The van der Waals surface area contributed by atoms with Crippen molar-refractivity contribution in [3.8, 4) is 5.75 Å². The predicted molar refractivity (Wildman–Crippen MR) is 98.5 cm³/mol. The van der Waals surface area contributed by atoms with Gasteiger partial charge in [0.25, 0.3) is 5.91 Å². The zero-order chi connectivity index (χ0) is 18.2. The van der Waals surface area contributed by atoms with Crippen LogP contribution in [0.2, 0.25) is 0 Å². The maximum Gasteiger partial charge on any atom is 0.260 e. The van der Waals surface area contributed by atoms with E-state index < -0.39 is 0 Å². The van der Waals surface area contributed by atoms with Crippen LogP contribution in [0.3, 0.4) is 0 Å². The third-order valence-corrected chi connectivity index (χ3v) is 4.49. The first-order chi connectivity index (χ1) is 12.0. The first kappa shape index (κ1) is 19.3. The standard InChI is InChI=1S/C20H30N2O3/c1-4-17-8-5-6-9-18(17)25-15-20(24)22-11-7-10-21(12-13-22)19(23)14-16(2)3/h5-6,8-9,16H,4,7,10-15H2,1-3H3. The highest BCUT2D eigenvalue weighted by molar-refractivity contribution is 5.78. The third-order valence-electron chi connectivity index (χ3n) is 4.49. The Kier molecular flexibility index (Phi) is 7.29. The summed E-state index contributed by atoms with van der Waals surface area (Å²) >= 11 is 0. The van der Waals surface area contributed by atoms with Crippen LogP contribution in [0.1, 0.15) is 39.2 Å². The van der Waals surface area contributed by atoms with Crippen molar-refractivity contribution in [1.29, 1.82) is 0 Å². The van der Waals surface area contributed by atoms with Crippen molar-refractivity contribution in [2.75, 3.05) is 32.8 Å². The zero-order valence-corrected chi connectivity index (χ0v) is 15.7. The lowest BCUT2D eigenvalue weighted by Crippen LogP contribution is -2.39. The molecule has 0 aromatic heterocycles. The van der Waals surface area contributed by atoms with Crippen LogP contribution in [0.5, 0.6) is 5.75 Å². The van der Waals surface area contributed by atoms with Gasteiger partial charge in [0.15, 0.2) is 6.61 Å². The van der Waals surface area contributed by atoms with E-state index in [4.69, 9.17) is 4.74 Å². The molecule has 0 spiro atoms. The summed E-state index contributed by atoms with van der Waals surface area (Å²) < 4.78 is 5.74. The number of ether oxygens (including phenoxy) is 1. The number of hydrogen-bond acceptors (Lipinski definition) is 3. The van der Waals surface area contributed by atoms with E-state index in [1.807, 2.05) is 34.1 Å². The molecule has 0 bridgehead atoms. The van der Waals surface area contributed by atoms with Crippen molar-refractivity contribution < 1.29 is 14.3 Å². The maximum absolute atomic E-state index is 12.5. The summed E-state index contributed by atoms with van der Waals surface area (Å²) in [5, 5.41) is 0. The minimum absolute atomic E-state index is 0.0101. The molecular formula is C20H30N2O3. The van der Waals surface area contributed by atoms with Gasteiger partial charge in [-0.2, -0.15) is 0 Å². The number of hydrogen-bond donors (Lipinski definition) is 0. The van der Waals surface area contributed by atoms with E-state index in [1.54, 1.807) is 0 Å². The molecule has 0 radical (unpaired) electrons. The normalized spacial score (nSPS) is 15.2. The van der Waals surface area contributed by atoms with Gasteiger partial charge in [-0.3, -0.25) is 9.59 Å². The molecule has 0 unspecified atom stereocenters. The quantitative estimate of drug-likeness (QED) is 0.796. The largest absolute Gasteiger partial charge is 0.483 e. The molecule has 25 heavy (non-hydrogen) atoms. The average molecular weight is 346 g/mol. The molecule has 0 saturated carbocycles. The van der Waals surface area contributed by atoms with Gasteiger partial charge in [-0.1, -0.05) is 39.0 Å². The van der Waals surface area contributed by atoms with Gasteiger partial charge >= 0.3 is 0 Å². The maximum atomic E-state index is 12.5. The second-order valence-corrected chi connectivity index (χ2v) is 6.96. The van der Waals surface area contributed by atoms with Gasteiger partial charge in [-0.15, -0.1) is 0 Å². The Morgan fingerprint density at radius 3 is 2.32 bits per heavy atom. The molecule has 0 N–H and O–H groups in total. The Morgan fingerprint density at radius 2 is 1.68 bits per heavy atom. The summed E-state index contributed by atoms with van der Waals surface area (Å²) in [6, 6.07) is 7.82. The van der Waals surface area contributed by atoms with Crippen molar-refractivity contribution in [3.63, 3.8) is 0 Å². The van der Waals surface area contributed by atoms with Crippen molar-refractivity contribution >= 4 is 11.8 Å². The average Bonchev–Trinajstić information content (AvgIpc) is 2.85. The van der Waals surface area contributed by atoms with Crippen molar-refractivity contribution in [1.82, 2.24) is 9.80 Å². The fourth-order valence-electron chi connectivity index (χ4n) is 3.06. The fourth-order valence-corrected chi connectivity index (χ4v) is 3.06. The Morgan fingerprint density at radius 1 is 1.04 bits per heavy atom. The molecule has 2 amide bonds. The monoisotopic (exact) mass is 346 g/mol. The van der Waals surface area contributed by atoms with Gasteiger partial charge < -0.3 is 14.5 Å². The number of nitrogens with zero attached hydrogens (tertiary/aromatic N) is 2. The van der Waals surface area contributed by atoms with E-state index in [0.29, 0.717) is 32.0 Å². The Bertz CT molecular complexity index is 586. The number of para-hydroxylation sites is 1. The summed E-state index contributed by atoms with van der Waals surface area (Å²) in [6.07, 6.45) is 2.27. The fraction of sp³-hybridized carbons (Fsp3) is 0.600. The van der Waals surface area contributed by atoms with Crippen LogP contribution in [-0.4, -0.2) is 54.4 Å². The molecule has 5 heteroatoms. The van der Waals surface area contributed by atoms with Crippen LogP contribution in [0.25, 0.3) is 0 Å². The smallest absolute Gasteiger partial charge is 0.260 e. The first-order valence-electron chi connectivity index (χ1n) is 9.27. The number of amides is 2. The van der Waals surface area contributed by atoms with E-state index in [2.05, 4.69) is 20.8 Å². The zero-order valence-electron chi connectivity index (χ0n) is 15.7. The molecule has 1 aliphatic heterocycles. The first-order valence-corrected chi connectivity index (χ1v) is 9.27. The Labute approximate surface area is 150 Å². The molecule has 1 heterocycles. The van der Waals surface area contributed by atoms with Gasteiger partial charge in [0.1, 0.15) is 5.75 Å².